The largest absolute Gasteiger partial charge is 0.462 e. The number of rotatable bonds is 9. The van der Waals surface area contributed by atoms with Crippen molar-refractivity contribution in [3.05, 3.63) is 40.3 Å². The Labute approximate surface area is 215 Å². The Hall–Kier alpha value is -2.99. The summed E-state index contributed by atoms with van der Waals surface area (Å²) in [6.45, 7) is 1.31. The van der Waals surface area contributed by atoms with Gasteiger partial charge in [-0.15, -0.1) is 21.5 Å². The van der Waals surface area contributed by atoms with Crippen LogP contribution < -0.4 is 10.1 Å². The molecular formula is C24H26F2N4O4S2. The number of thiophene rings is 1. The first-order valence-electron chi connectivity index (χ1n) is 11.5. The number of ether oxygens (including phenoxy) is 2. The van der Waals surface area contributed by atoms with Gasteiger partial charge in [0.15, 0.2) is 11.0 Å². The van der Waals surface area contributed by atoms with E-state index < -0.39 is 12.6 Å². The number of carbonyl (C=O) groups excluding carboxylic acids is 2. The van der Waals surface area contributed by atoms with Crippen LogP contribution in [0.2, 0.25) is 0 Å². The number of hydrogen-bond donors (Lipinski definition) is 1. The van der Waals surface area contributed by atoms with Crippen LogP contribution >= 0.6 is 23.1 Å². The molecule has 192 valence electrons. The first-order valence-corrected chi connectivity index (χ1v) is 13.3. The molecule has 0 aliphatic heterocycles. The number of thioether (sulfide) groups is 1. The van der Waals surface area contributed by atoms with Crippen molar-refractivity contribution in [2.24, 2.45) is 13.0 Å². The molecule has 0 fully saturated rings. The molecule has 1 aliphatic rings. The van der Waals surface area contributed by atoms with Gasteiger partial charge in [-0.1, -0.05) is 18.7 Å². The van der Waals surface area contributed by atoms with E-state index in [0.717, 1.165) is 29.7 Å². The molecule has 1 N–H and O–H groups in total. The van der Waals surface area contributed by atoms with E-state index >= 15 is 0 Å². The highest BCUT2D eigenvalue weighted by Gasteiger charge is 2.29. The molecule has 4 rings (SSSR count). The summed E-state index contributed by atoms with van der Waals surface area (Å²) in [5.41, 5.74) is 2.13. The molecule has 1 unspecified atom stereocenters. The van der Waals surface area contributed by atoms with Crippen molar-refractivity contribution in [1.82, 2.24) is 14.8 Å². The fourth-order valence-electron chi connectivity index (χ4n) is 4.03. The molecular weight excluding hydrogens is 510 g/mol. The van der Waals surface area contributed by atoms with Gasteiger partial charge in [0, 0.05) is 17.5 Å². The zero-order chi connectivity index (χ0) is 25.8. The average Bonchev–Trinajstić information content (AvgIpc) is 3.37. The minimum Gasteiger partial charge on any atom is -0.462 e. The summed E-state index contributed by atoms with van der Waals surface area (Å²) in [5.74, 6) is 0.489. The maximum Gasteiger partial charge on any atom is 0.387 e. The molecule has 1 amide bonds. The number of alkyl halides is 2. The Morgan fingerprint density at radius 2 is 2.03 bits per heavy atom. The third-order valence-corrected chi connectivity index (χ3v) is 7.94. The molecule has 8 nitrogen and oxygen atoms in total. The van der Waals surface area contributed by atoms with E-state index in [-0.39, 0.29) is 24.0 Å². The lowest BCUT2D eigenvalue weighted by atomic mass is 9.88. The SMILES string of the molecule is CCOC(=O)c1c(NC(=O)CSc2nnc(-c3ccc(OC(F)F)cc3)n2C)sc2c1CCC(C)C2. The average molecular weight is 537 g/mol. The molecule has 0 bridgehead atoms. The molecule has 36 heavy (non-hydrogen) atoms. The predicted octanol–water partition coefficient (Wildman–Crippen LogP) is 5.18. The van der Waals surface area contributed by atoms with Crippen LogP contribution in [0.1, 0.15) is 41.1 Å². The molecule has 0 saturated carbocycles. The second kappa shape index (κ2) is 11.4. The third-order valence-electron chi connectivity index (χ3n) is 5.75. The second-order valence-corrected chi connectivity index (χ2v) is 10.4. The molecule has 12 heteroatoms. The van der Waals surface area contributed by atoms with Gasteiger partial charge >= 0.3 is 12.6 Å². The van der Waals surface area contributed by atoms with E-state index in [1.54, 1.807) is 30.7 Å². The molecule has 0 radical (unpaired) electrons. The Morgan fingerprint density at radius 1 is 1.28 bits per heavy atom. The van der Waals surface area contributed by atoms with Gasteiger partial charge in [0.1, 0.15) is 10.8 Å². The second-order valence-electron chi connectivity index (χ2n) is 8.38. The van der Waals surface area contributed by atoms with Crippen LogP contribution in [0.4, 0.5) is 13.8 Å². The first kappa shape index (κ1) is 26.1. The van der Waals surface area contributed by atoms with Gasteiger partial charge in [0.05, 0.1) is 17.9 Å². The highest BCUT2D eigenvalue weighted by Crippen LogP contribution is 2.40. The van der Waals surface area contributed by atoms with Crippen molar-refractivity contribution in [2.45, 2.75) is 44.9 Å². The topological polar surface area (TPSA) is 95.3 Å². The minimum absolute atomic E-state index is 0.0501. The van der Waals surface area contributed by atoms with Gasteiger partial charge in [-0.25, -0.2) is 4.79 Å². The van der Waals surface area contributed by atoms with Crippen molar-refractivity contribution in [1.29, 1.82) is 0 Å². The highest BCUT2D eigenvalue weighted by molar-refractivity contribution is 7.99. The Kier molecular flexibility index (Phi) is 8.24. The van der Waals surface area contributed by atoms with Gasteiger partial charge in [0.2, 0.25) is 5.91 Å². The number of halogens is 2. The molecule has 0 spiro atoms. The summed E-state index contributed by atoms with van der Waals surface area (Å²) in [6.07, 6.45) is 2.67. The van der Waals surface area contributed by atoms with Crippen LogP contribution in [0.25, 0.3) is 11.4 Å². The molecule has 0 saturated heterocycles. The summed E-state index contributed by atoms with van der Waals surface area (Å²) >= 11 is 2.65. The fraction of sp³-hybridized carbons (Fsp3) is 0.417. The summed E-state index contributed by atoms with van der Waals surface area (Å²) < 4.78 is 36.1. The van der Waals surface area contributed by atoms with E-state index in [4.69, 9.17) is 4.74 Å². The minimum atomic E-state index is -2.89. The molecule has 3 aromatic rings. The normalized spacial score (nSPS) is 15.0. The summed E-state index contributed by atoms with van der Waals surface area (Å²) in [5, 5.41) is 12.2. The van der Waals surface area contributed by atoms with Crippen LogP contribution in [0.5, 0.6) is 5.75 Å². The Bertz CT molecular complexity index is 1240. The number of anilines is 1. The van der Waals surface area contributed by atoms with Gasteiger partial charge in [-0.05, 0) is 61.9 Å². The van der Waals surface area contributed by atoms with E-state index in [9.17, 15) is 18.4 Å². The zero-order valence-electron chi connectivity index (χ0n) is 20.0. The summed E-state index contributed by atoms with van der Waals surface area (Å²) in [4.78, 5) is 26.6. The number of amides is 1. The Balaban J connectivity index is 1.43. The number of nitrogens with one attached hydrogen (secondary N) is 1. The maximum atomic E-state index is 12.8. The van der Waals surface area contributed by atoms with Crippen LogP contribution in [0, 0.1) is 5.92 Å². The third kappa shape index (κ3) is 5.86. The molecule has 2 heterocycles. The lowest BCUT2D eigenvalue weighted by molar-refractivity contribution is -0.113. The molecule has 1 aliphatic carbocycles. The number of nitrogens with zero attached hydrogens (tertiary/aromatic N) is 3. The number of esters is 1. The zero-order valence-corrected chi connectivity index (χ0v) is 21.7. The highest BCUT2D eigenvalue weighted by atomic mass is 32.2. The predicted molar refractivity (Wildman–Crippen MR) is 134 cm³/mol. The number of aromatic nitrogens is 3. The van der Waals surface area contributed by atoms with Crippen LogP contribution in [-0.4, -0.2) is 45.6 Å². The van der Waals surface area contributed by atoms with Crippen molar-refractivity contribution in [3.8, 4) is 17.1 Å². The van der Waals surface area contributed by atoms with E-state index in [1.807, 2.05) is 0 Å². The number of carbonyl (C=O) groups is 2. The molecule has 2 aromatic heterocycles. The lowest BCUT2D eigenvalue weighted by Crippen LogP contribution is -2.18. The molecule has 1 atom stereocenters. The van der Waals surface area contributed by atoms with Crippen molar-refractivity contribution in [2.75, 3.05) is 17.7 Å². The standard InChI is InChI=1S/C24H26F2N4O4S2/c1-4-33-22(32)19-16-10-5-13(2)11-17(16)36-21(19)27-18(31)12-35-24-29-28-20(30(24)3)14-6-8-15(9-7-14)34-23(25)26/h6-9,13,23H,4-5,10-12H2,1-3H3,(H,27,31). The van der Waals surface area contributed by atoms with Crippen molar-refractivity contribution in [3.63, 3.8) is 0 Å². The Morgan fingerprint density at radius 3 is 2.72 bits per heavy atom. The van der Waals surface area contributed by atoms with E-state index in [2.05, 4.69) is 27.2 Å². The van der Waals surface area contributed by atoms with Gasteiger partial charge in [-0.3, -0.25) is 4.79 Å². The van der Waals surface area contributed by atoms with Crippen LogP contribution in [-0.2, 0) is 29.4 Å². The van der Waals surface area contributed by atoms with E-state index in [1.165, 1.54) is 35.2 Å². The van der Waals surface area contributed by atoms with Crippen LogP contribution in [0.3, 0.4) is 0 Å². The van der Waals surface area contributed by atoms with E-state index in [0.29, 0.717) is 33.0 Å². The first-order chi connectivity index (χ1) is 17.3. The fourth-order valence-corrected chi connectivity index (χ4v) is 6.15. The maximum absolute atomic E-state index is 12.8. The quantitative estimate of drug-likeness (QED) is 0.298. The van der Waals surface area contributed by atoms with Crippen LogP contribution in [0.15, 0.2) is 29.4 Å². The number of fused-ring (bicyclic) bond motifs is 1. The summed E-state index contributed by atoms with van der Waals surface area (Å²) in [6, 6.07) is 6.08. The van der Waals surface area contributed by atoms with Crippen molar-refractivity contribution >= 4 is 40.0 Å². The smallest absolute Gasteiger partial charge is 0.387 e. The lowest BCUT2D eigenvalue weighted by Gasteiger charge is -2.18. The van der Waals surface area contributed by atoms with Gasteiger partial charge in [0.25, 0.3) is 0 Å². The number of benzene rings is 1. The van der Waals surface area contributed by atoms with Gasteiger partial charge in [-0.2, -0.15) is 8.78 Å². The molecule has 1 aromatic carbocycles. The summed E-state index contributed by atoms with van der Waals surface area (Å²) in [7, 11) is 1.76. The number of hydrogen-bond acceptors (Lipinski definition) is 8. The van der Waals surface area contributed by atoms with Crippen molar-refractivity contribution < 1.29 is 27.8 Å². The monoisotopic (exact) mass is 536 g/mol. The van der Waals surface area contributed by atoms with Gasteiger partial charge < -0.3 is 19.4 Å².